The lowest BCUT2D eigenvalue weighted by Crippen LogP contribution is -2.36. The Balaban J connectivity index is 1.70. The van der Waals surface area contributed by atoms with Crippen LogP contribution < -0.4 is 15.5 Å². The Labute approximate surface area is 164 Å². The molecule has 0 spiro atoms. The van der Waals surface area contributed by atoms with E-state index in [0.717, 1.165) is 24.2 Å². The summed E-state index contributed by atoms with van der Waals surface area (Å²) in [6.45, 7) is 5.04. The van der Waals surface area contributed by atoms with E-state index < -0.39 is 0 Å². The number of fused-ring (bicyclic) bond motifs is 1. The van der Waals surface area contributed by atoms with Crippen molar-refractivity contribution in [2.75, 3.05) is 22.1 Å². The molecule has 0 atom stereocenters. The van der Waals surface area contributed by atoms with Crippen LogP contribution in [0.1, 0.15) is 32.3 Å². The van der Waals surface area contributed by atoms with E-state index in [0.29, 0.717) is 35.2 Å². The number of aryl methyl sites for hydroxylation is 1. The lowest BCUT2D eigenvalue weighted by atomic mass is 9.99. The van der Waals surface area contributed by atoms with Gasteiger partial charge in [-0.3, -0.25) is 4.79 Å². The van der Waals surface area contributed by atoms with Crippen molar-refractivity contribution >= 4 is 40.6 Å². The number of urea groups is 1. The number of rotatable bonds is 5. The van der Waals surface area contributed by atoms with Gasteiger partial charge in [0, 0.05) is 35.1 Å². The predicted octanol–water partition coefficient (Wildman–Crippen LogP) is 5.31. The Kier molecular flexibility index (Phi) is 6.01. The van der Waals surface area contributed by atoms with Gasteiger partial charge in [-0.15, -0.1) is 0 Å². The van der Waals surface area contributed by atoms with E-state index >= 15 is 0 Å². The molecule has 0 saturated carbocycles. The maximum Gasteiger partial charge on any atom is 0.323 e. The summed E-state index contributed by atoms with van der Waals surface area (Å²) < 4.78 is 0. The Morgan fingerprint density at radius 1 is 1.11 bits per heavy atom. The van der Waals surface area contributed by atoms with Crippen LogP contribution >= 0.6 is 11.6 Å². The summed E-state index contributed by atoms with van der Waals surface area (Å²) >= 11 is 5.93. The average molecular weight is 386 g/mol. The minimum atomic E-state index is -0.333. The first kappa shape index (κ1) is 19.2. The standard InChI is InChI=1S/C21H24ClN3O2/c1-14(2)10-11-25-19-8-7-18(12-15(19)6-9-20(25)26)24-21(27)23-17-5-3-4-16(22)13-17/h3-5,7-8,12-14H,6,9-11H2,1-2H3,(H2,23,24,27). The molecule has 0 unspecified atom stereocenters. The first-order chi connectivity index (χ1) is 12.9. The molecule has 6 heteroatoms. The topological polar surface area (TPSA) is 61.4 Å². The van der Waals surface area contributed by atoms with E-state index in [9.17, 15) is 9.59 Å². The maximum absolute atomic E-state index is 12.3. The van der Waals surface area contributed by atoms with E-state index in [1.807, 2.05) is 23.1 Å². The van der Waals surface area contributed by atoms with Gasteiger partial charge in [-0.25, -0.2) is 4.79 Å². The normalized spacial score (nSPS) is 13.5. The van der Waals surface area contributed by atoms with Crippen molar-refractivity contribution in [1.82, 2.24) is 0 Å². The number of hydrogen-bond acceptors (Lipinski definition) is 2. The Bertz CT molecular complexity index is 851. The third-order valence-corrected chi connectivity index (χ3v) is 4.79. The summed E-state index contributed by atoms with van der Waals surface area (Å²) in [5.74, 6) is 0.710. The van der Waals surface area contributed by atoms with Crippen molar-refractivity contribution in [3.63, 3.8) is 0 Å². The van der Waals surface area contributed by atoms with Crippen molar-refractivity contribution in [2.24, 2.45) is 5.92 Å². The highest BCUT2D eigenvalue weighted by Crippen LogP contribution is 2.31. The molecule has 2 aromatic rings. The van der Waals surface area contributed by atoms with Gasteiger partial charge >= 0.3 is 6.03 Å². The lowest BCUT2D eigenvalue weighted by Gasteiger charge is -2.30. The molecule has 0 fully saturated rings. The van der Waals surface area contributed by atoms with Gasteiger partial charge in [0.05, 0.1) is 0 Å². The van der Waals surface area contributed by atoms with E-state index in [-0.39, 0.29) is 11.9 Å². The van der Waals surface area contributed by atoms with Crippen LogP contribution in [0.25, 0.3) is 0 Å². The lowest BCUT2D eigenvalue weighted by molar-refractivity contribution is -0.118. The highest BCUT2D eigenvalue weighted by Gasteiger charge is 2.24. The fourth-order valence-corrected chi connectivity index (χ4v) is 3.32. The van der Waals surface area contributed by atoms with Crippen LogP contribution in [0.4, 0.5) is 21.9 Å². The molecule has 2 aromatic carbocycles. The quantitative estimate of drug-likeness (QED) is 0.732. The number of benzene rings is 2. The van der Waals surface area contributed by atoms with Crippen LogP contribution in [0.2, 0.25) is 5.02 Å². The minimum absolute atomic E-state index is 0.169. The second-order valence-corrected chi connectivity index (χ2v) is 7.60. The Morgan fingerprint density at radius 3 is 2.56 bits per heavy atom. The monoisotopic (exact) mass is 385 g/mol. The Morgan fingerprint density at radius 2 is 1.85 bits per heavy atom. The summed E-state index contributed by atoms with van der Waals surface area (Å²) in [6.07, 6.45) is 2.16. The van der Waals surface area contributed by atoms with E-state index in [2.05, 4.69) is 24.5 Å². The summed E-state index contributed by atoms with van der Waals surface area (Å²) in [7, 11) is 0. The molecule has 0 bridgehead atoms. The van der Waals surface area contributed by atoms with Crippen molar-refractivity contribution in [3.05, 3.63) is 53.1 Å². The van der Waals surface area contributed by atoms with Crippen molar-refractivity contribution < 1.29 is 9.59 Å². The van der Waals surface area contributed by atoms with Gasteiger partial charge in [-0.2, -0.15) is 0 Å². The Hall–Kier alpha value is -2.53. The van der Waals surface area contributed by atoms with Crippen LogP contribution in [0.5, 0.6) is 0 Å². The van der Waals surface area contributed by atoms with Gasteiger partial charge in [0.15, 0.2) is 0 Å². The molecule has 0 aromatic heterocycles. The number of nitrogens with zero attached hydrogens (tertiary/aromatic N) is 1. The molecule has 1 heterocycles. The average Bonchev–Trinajstić information content (AvgIpc) is 2.60. The third-order valence-electron chi connectivity index (χ3n) is 4.55. The van der Waals surface area contributed by atoms with Gasteiger partial charge in [-0.05, 0) is 60.7 Å². The zero-order valence-corrected chi connectivity index (χ0v) is 16.3. The highest BCUT2D eigenvalue weighted by molar-refractivity contribution is 6.30. The fourth-order valence-electron chi connectivity index (χ4n) is 3.13. The molecule has 1 aliphatic heterocycles. The molecule has 2 N–H and O–H groups in total. The smallest absolute Gasteiger partial charge is 0.312 e. The molecule has 0 saturated heterocycles. The summed E-state index contributed by atoms with van der Waals surface area (Å²) in [6, 6.07) is 12.4. The van der Waals surface area contributed by atoms with Crippen LogP contribution in [0.15, 0.2) is 42.5 Å². The minimum Gasteiger partial charge on any atom is -0.312 e. The van der Waals surface area contributed by atoms with Crippen molar-refractivity contribution in [1.29, 1.82) is 0 Å². The van der Waals surface area contributed by atoms with Crippen molar-refractivity contribution in [2.45, 2.75) is 33.1 Å². The van der Waals surface area contributed by atoms with Gasteiger partial charge in [0.2, 0.25) is 5.91 Å². The summed E-state index contributed by atoms with van der Waals surface area (Å²) in [5, 5.41) is 6.16. The molecule has 3 amide bonds. The maximum atomic E-state index is 12.3. The van der Waals surface area contributed by atoms with Gasteiger partial charge in [0.25, 0.3) is 0 Å². The molecule has 5 nitrogen and oxygen atoms in total. The van der Waals surface area contributed by atoms with Crippen molar-refractivity contribution in [3.8, 4) is 0 Å². The predicted molar refractivity (Wildman–Crippen MR) is 111 cm³/mol. The molecule has 1 aliphatic rings. The number of carbonyl (C=O) groups excluding carboxylic acids is 2. The first-order valence-corrected chi connectivity index (χ1v) is 9.57. The van der Waals surface area contributed by atoms with E-state index in [4.69, 9.17) is 11.6 Å². The SMILES string of the molecule is CC(C)CCN1C(=O)CCc2cc(NC(=O)Nc3cccc(Cl)c3)ccc21. The number of amides is 3. The molecule has 0 aliphatic carbocycles. The zero-order chi connectivity index (χ0) is 19.4. The molecule has 0 radical (unpaired) electrons. The molecular weight excluding hydrogens is 362 g/mol. The molecular formula is C21H24ClN3O2. The zero-order valence-electron chi connectivity index (χ0n) is 15.6. The summed E-state index contributed by atoms with van der Waals surface area (Å²) in [4.78, 5) is 26.4. The fraction of sp³-hybridized carbons (Fsp3) is 0.333. The van der Waals surface area contributed by atoms with Gasteiger partial charge < -0.3 is 15.5 Å². The molecule has 3 rings (SSSR count). The number of nitrogens with one attached hydrogen (secondary N) is 2. The third kappa shape index (κ3) is 5.01. The highest BCUT2D eigenvalue weighted by atomic mass is 35.5. The number of anilines is 3. The van der Waals surface area contributed by atoms with Gasteiger partial charge in [-0.1, -0.05) is 31.5 Å². The van der Waals surface area contributed by atoms with Crippen LogP contribution in [-0.2, 0) is 11.2 Å². The second kappa shape index (κ2) is 8.44. The molecule has 142 valence electrons. The summed E-state index contributed by atoms with van der Waals surface area (Å²) in [5.41, 5.74) is 3.36. The number of halogens is 1. The number of carbonyl (C=O) groups is 2. The van der Waals surface area contributed by atoms with Gasteiger partial charge in [0.1, 0.15) is 0 Å². The van der Waals surface area contributed by atoms with E-state index in [1.165, 1.54) is 0 Å². The second-order valence-electron chi connectivity index (χ2n) is 7.16. The number of hydrogen-bond donors (Lipinski definition) is 2. The first-order valence-electron chi connectivity index (χ1n) is 9.19. The van der Waals surface area contributed by atoms with E-state index in [1.54, 1.807) is 24.3 Å². The van der Waals surface area contributed by atoms with Crippen LogP contribution in [0, 0.1) is 5.92 Å². The molecule has 27 heavy (non-hydrogen) atoms. The largest absolute Gasteiger partial charge is 0.323 e. The van der Waals surface area contributed by atoms with Crippen LogP contribution in [0.3, 0.4) is 0 Å². The van der Waals surface area contributed by atoms with Crippen LogP contribution in [-0.4, -0.2) is 18.5 Å².